The van der Waals surface area contributed by atoms with Gasteiger partial charge in [-0.05, 0) is 98.6 Å². The minimum atomic E-state index is -0.480. The van der Waals surface area contributed by atoms with Crippen LogP contribution in [-0.4, -0.2) is 23.5 Å². The first-order chi connectivity index (χ1) is 17.2. The maximum atomic E-state index is 6.34. The molecule has 0 N–H and O–H groups in total. The van der Waals surface area contributed by atoms with Gasteiger partial charge in [-0.2, -0.15) is 0 Å². The van der Waals surface area contributed by atoms with E-state index in [1.165, 1.54) is 11.1 Å². The summed E-state index contributed by atoms with van der Waals surface area (Å²) in [4.78, 5) is 0. The maximum absolute atomic E-state index is 6.34. The first-order valence-electron chi connectivity index (χ1n) is 12.7. The Balaban J connectivity index is 1.55. The van der Waals surface area contributed by atoms with Crippen LogP contribution < -0.4 is 9.47 Å². The fourth-order valence-corrected chi connectivity index (χ4v) is 5.76. The molecule has 2 unspecified atom stereocenters. The lowest BCUT2D eigenvalue weighted by Gasteiger charge is -2.38. The summed E-state index contributed by atoms with van der Waals surface area (Å²) in [7, 11) is 0. The van der Waals surface area contributed by atoms with Gasteiger partial charge in [0.25, 0.3) is 0 Å². The lowest BCUT2D eigenvalue weighted by molar-refractivity contribution is -0.227. The van der Waals surface area contributed by atoms with Crippen LogP contribution in [0, 0.1) is 0 Å². The van der Waals surface area contributed by atoms with Crippen LogP contribution in [0.15, 0.2) is 36.4 Å². The zero-order valence-electron chi connectivity index (χ0n) is 20.0. The maximum Gasteiger partial charge on any atom is 0.233 e. The minimum Gasteiger partial charge on any atom is -0.460 e. The van der Waals surface area contributed by atoms with Crippen LogP contribution >= 0.6 is 46.4 Å². The van der Waals surface area contributed by atoms with E-state index >= 15 is 0 Å². The third-order valence-corrected chi connectivity index (χ3v) is 8.05. The van der Waals surface area contributed by atoms with E-state index in [4.69, 9.17) is 60.6 Å². The van der Waals surface area contributed by atoms with Crippen molar-refractivity contribution in [2.45, 2.75) is 75.8 Å². The van der Waals surface area contributed by atoms with Gasteiger partial charge in [0, 0.05) is 23.5 Å². The molecule has 0 fully saturated rings. The van der Waals surface area contributed by atoms with Gasteiger partial charge in [0.2, 0.25) is 12.6 Å². The van der Waals surface area contributed by atoms with Gasteiger partial charge < -0.3 is 9.47 Å². The average molecular weight is 560 g/mol. The first-order valence-corrected chi connectivity index (χ1v) is 14.8. The van der Waals surface area contributed by atoms with E-state index in [0.717, 1.165) is 74.0 Å². The van der Waals surface area contributed by atoms with Gasteiger partial charge in [-0.1, -0.05) is 12.1 Å². The molecule has 2 aromatic rings. The molecule has 35 heavy (non-hydrogen) atoms. The number of ether oxygens (including phenoxy) is 3. The smallest absolute Gasteiger partial charge is 0.233 e. The second kappa shape index (κ2) is 13.6. The van der Waals surface area contributed by atoms with Crippen LogP contribution in [0.5, 0.6) is 11.5 Å². The number of benzene rings is 2. The number of halogens is 4. The summed E-state index contributed by atoms with van der Waals surface area (Å²) >= 11 is 23.9. The molecule has 0 aromatic heterocycles. The normalized spacial score (nSPS) is 18.2. The highest BCUT2D eigenvalue weighted by molar-refractivity contribution is 6.18. The summed E-state index contributed by atoms with van der Waals surface area (Å²) in [6.45, 7) is 0. The van der Waals surface area contributed by atoms with Gasteiger partial charge in [0.1, 0.15) is 11.5 Å². The standard InChI is InChI=1S/C28H34Cl4O3/c29-13-1-5-19(6-2-14-30)21-9-11-25-23(17-21)27-34-26-12-10-22(18-24(26)28(33-25)35-27)20(7-3-15-31)8-4-16-32/h9-12,17-20,27-28H,1-8,13-16H2. The van der Waals surface area contributed by atoms with Crippen molar-refractivity contribution >= 4 is 46.4 Å². The quantitative estimate of drug-likeness (QED) is 0.216. The van der Waals surface area contributed by atoms with E-state index in [9.17, 15) is 0 Å². The van der Waals surface area contributed by atoms with Crippen LogP contribution in [0.25, 0.3) is 0 Å². The second-order valence-electron chi connectivity index (χ2n) is 9.35. The van der Waals surface area contributed by atoms with Gasteiger partial charge in [0.15, 0.2) is 0 Å². The van der Waals surface area contributed by atoms with Crippen molar-refractivity contribution in [2.24, 2.45) is 0 Å². The van der Waals surface area contributed by atoms with Gasteiger partial charge in [-0.25, -0.2) is 0 Å². The molecule has 2 bridgehead atoms. The van der Waals surface area contributed by atoms with Crippen molar-refractivity contribution in [1.29, 1.82) is 0 Å². The fourth-order valence-electron chi connectivity index (χ4n) is 5.15. The second-order valence-corrected chi connectivity index (χ2v) is 10.9. The van der Waals surface area contributed by atoms with E-state index in [2.05, 4.69) is 36.4 Å². The van der Waals surface area contributed by atoms with Gasteiger partial charge in [-0.3, -0.25) is 4.74 Å². The number of alkyl halides is 4. The van der Waals surface area contributed by atoms with E-state index < -0.39 is 12.6 Å². The van der Waals surface area contributed by atoms with Crippen LogP contribution in [0.2, 0.25) is 0 Å². The molecular weight excluding hydrogens is 526 g/mol. The van der Waals surface area contributed by atoms with Crippen LogP contribution in [0.3, 0.4) is 0 Å². The molecule has 2 atom stereocenters. The van der Waals surface area contributed by atoms with Gasteiger partial charge in [0.05, 0.1) is 11.1 Å². The Morgan fingerprint density at radius 1 is 0.571 bits per heavy atom. The third-order valence-electron chi connectivity index (χ3n) is 6.98. The van der Waals surface area contributed by atoms with Crippen molar-refractivity contribution in [2.75, 3.05) is 23.5 Å². The number of hydrogen-bond acceptors (Lipinski definition) is 3. The van der Waals surface area contributed by atoms with Crippen LogP contribution in [0.4, 0.5) is 0 Å². The topological polar surface area (TPSA) is 27.7 Å². The van der Waals surface area contributed by atoms with Crippen LogP contribution in [0.1, 0.15) is 98.0 Å². The molecule has 192 valence electrons. The predicted octanol–water partition coefficient (Wildman–Crippen LogP) is 9.43. The Morgan fingerprint density at radius 2 is 0.943 bits per heavy atom. The molecule has 0 aliphatic carbocycles. The lowest BCUT2D eigenvalue weighted by Crippen LogP contribution is -2.30. The van der Waals surface area contributed by atoms with Gasteiger partial charge >= 0.3 is 0 Å². The van der Waals surface area contributed by atoms with Crippen molar-refractivity contribution in [3.63, 3.8) is 0 Å². The number of fused-ring (bicyclic) bond motifs is 6. The Labute approximate surface area is 229 Å². The summed E-state index contributed by atoms with van der Waals surface area (Å²) in [6.07, 6.45) is 7.11. The Hall–Kier alpha value is -0.840. The lowest BCUT2D eigenvalue weighted by atomic mass is 9.88. The molecule has 0 radical (unpaired) electrons. The third kappa shape index (κ3) is 6.73. The number of rotatable bonds is 14. The molecule has 2 aliphatic rings. The van der Waals surface area contributed by atoms with Crippen molar-refractivity contribution in [1.82, 2.24) is 0 Å². The Morgan fingerprint density at radius 3 is 1.29 bits per heavy atom. The van der Waals surface area contributed by atoms with Crippen molar-refractivity contribution in [3.8, 4) is 11.5 Å². The highest BCUT2D eigenvalue weighted by Crippen LogP contribution is 2.49. The van der Waals surface area contributed by atoms with Crippen molar-refractivity contribution in [3.05, 3.63) is 58.7 Å². The fraction of sp³-hybridized carbons (Fsp3) is 0.571. The predicted molar refractivity (Wildman–Crippen MR) is 146 cm³/mol. The Kier molecular flexibility index (Phi) is 10.6. The molecular formula is C28H34Cl4O3. The molecule has 3 nitrogen and oxygen atoms in total. The number of hydrogen-bond donors (Lipinski definition) is 0. The largest absolute Gasteiger partial charge is 0.460 e. The first kappa shape index (κ1) is 27.2. The molecule has 2 aliphatic heterocycles. The summed E-state index contributed by atoms with van der Waals surface area (Å²) in [6, 6.07) is 12.8. The highest BCUT2D eigenvalue weighted by Gasteiger charge is 2.38. The monoisotopic (exact) mass is 558 g/mol. The van der Waals surface area contributed by atoms with E-state index in [1.807, 2.05) is 0 Å². The highest BCUT2D eigenvalue weighted by atomic mass is 35.5. The van der Waals surface area contributed by atoms with E-state index in [-0.39, 0.29) is 0 Å². The zero-order valence-corrected chi connectivity index (χ0v) is 23.0. The molecule has 0 spiro atoms. The summed E-state index contributed by atoms with van der Waals surface area (Å²) in [5.41, 5.74) is 4.40. The molecule has 2 heterocycles. The van der Waals surface area contributed by atoms with E-state index in [0.29, 0.717) is 35.4 Å². The van der Waals surface area contributed by atoms with Crippen LogP contribution in [-0.2, 0) is 4.74 Å². The molecule has 0 saturated carbocycles. The van der Waals surface area contributed by atoms with Gasteiger partial charge in [-0.15, -0.1) is 46.4 Å². The Bertz CT molecular complexity index is 862. The summed E-state index contributed by atoms with van der Waals surface area (Å²) in [5, 5.41) is 0. The summed E-state index contributed by atoms with van der Waals surface area (Å²) in [5.74, 6) is 5.12. The minimum absolute atomic E-state index is 0.409. The van der Waals surface area contributed by atoms with E-state index in [1.54, 1.807) is 0 Å². The van der Waals surface area contributed by atoms with Crippen molar-refractivity contribution < 1.29 is 14.2 Å². The molecule has 0 amide bonds. The SMILES string of the molecule is ClCCCC(CCCCl)c1ccc2c(c1)C1Oc3ccc(C(CCCCl)CCCCl)cc3C(O2)O1. The molecule has 0 saturated heterocycles. The molecule has 4 rings (SSSR count). The summed E-state index contributed by atoms with van der Waals surface area (Å²) < 4.78 is 18.9. The zero-order chi connectivity index (χ0) is 24.6. The average Bonchev–Trinajstić information content (AvgIpc) is 2.89. The molecule has 7 heteroatoms. The molecule has 2 aromatic carbocycles.